The molecule has 1 aromatic rings. The molecule has 0 aliphatic carbocycles. The van der Waals surface area contributed by atoms with E-state index in [2.05, 4.69) is 15.9 Å². The van der Waals surface area contributed by atoms with Crippen LogP contribution in [0.5, 0.6) is 5.75 Å². The lowest BCUT2D eigenvalue weighted by molar-refractivity contribution is -0.148. The van der Waals surface area contributed by atoms with Crippen LogP contribution < -0.4 is 4.74 Å². The number of fused-ring (bicyclic) bond motifs is 3. The lowest BCUT2D eigenvalue weighted by Gasteiger charge is -2.25. The third-order valence-electron chi connectivity index (χ3n) is 4.07. The predicted octanol–water partition coefficient (Wildman–Crippen LogP) is 1.07. The van der Waals surface area contributed by atoms with Crippen molar-refractivity contribution in [2.45, 2.75) is 29.9 Å². The van der Waals surface area contributed by atoms with Gasteiger partial charge in [0.15, 0.2) is 0 Å². The van der Waals surface area contributed by atoms with Gasteiger partial charge >= 0.3 is 5.97 Å². The molecule has 3 heterocycles. The Balaban J connectivity index is 1.81. The van der Waals surface area contributed by atoms with Crippen molar-refractivity contribution in [2.75, 3.05) is 13.2 Å². The van der Waals surface area contributed by atoms with Crippen LogP contribution in [0.3, 0.4) is 0 Å². The Hall–Kier alpha value is -1.12. The number of nitrogens with zero attached hydrogens (tertiary/aromatic N) is 1. The SMILES string of the molecule is O=C1OC2CC1N(S(=O)(=O)c1cc(Br)cc3c1OCC3)C2. The van der Waals surface area contributed by atoms with Gasteiger partial charge in [-0.25, -0.2) is 8.42 Å². The molecule has 3 aliphatic rings. The first-order chi connectivity index (χ1) is 9.96. The molecule has 2 unspecified atom stereocenters. The highest BCUT2D eigenvalue weighted by molar-refractivity contribution is 9.10. The van der Waals surface area contributed by atoms with Crippen molar-refractivity contribution in [3.8, 4) is 5.75 Å². The molecule has 6 nitrogen and oxygen atoms in total. The minimum Gasteiger partial charge on any atom is -0.492 e. The number of sulfonamides is 1. The molecule has 0 radical (unpaired) electrons. The molecule has 0 saturated carbocycles. The molecule has 0 spiro atoms. The van der Waals surface area contributed by atoms with Crippen LogP contribution in [0.1, 0.15) is 12.0 Å². The number of hydrogen-bond donors (Lipinski definition) is 0. The van der Waals surface area contributed by atoms with E-state index in [4.69, 9.17) is 9.47 Å². The standard InChI is InChI=1S/C13H12BrNO5S/c14-8-3-7-1-2-19-12(7)11(4-8)21(17,18)15-6-9-5-10(15)13(16)20-9/h3-4,9-10H,1-2,5-6H2. The summed E-state index contributed by atoms with van der Waals surface area (Å²) in [6, 6.07) is 2.71. The number of ether oxygens (including phenoxy) is 2. The van der Waals surface area contributed by atoms with Gasteiger partial charge in [0.25, 0.3) is 0 Å². The highest BCUT2D eigenvalue weighted by atomic mass is 79.9. The normalized spacial score (nSPS) is 27.6. The van der Waals surface area contributed by atoms with Gasteiger partial charge in [-0.05, 0) is 12.1 Å². The first-order valence-corrected chi connectivity index (χ1v) is 8.87. The third-order valence-corrected chi connectivity index (χ3v) is 6.41. The predicted molar refractivity (Wildman–Crippen MR) is 75.5 cm³/mol. The van der Waals surface area contributed by atoms with Gasteiger partial charge in [-0.15, -0.1) is 0 Å². The van der Waals surface area contributed by atoms with Crippen LogP contribution in [-0.2, 0) is 26.0 Å². The van der Waals surface area contributed by atoms with E-state index in [1.54, 1.807) is 0 Å². The molecule has 0 amide bonds. The summed E-state index contributed by atoms with van der Waals surface area (Å²) in [5.41, 5.74) is 0.870. The van der Waals surface area contributed by atoms with Crippen LogP contribution >= 0.6 is 15.9 Å². The summed E-state index contributed by atoms with van der Waals surface area (Å²) in [6.07, 6.45) is 0.805. The van der Waals surface area contributed by atoms with Gasteiger partial charge in [0.2, 0.25) is 10.0 Å². The fourth-order valence-corrected chi connectivity index (χ4v) is 5.61. The Morgan fingerprint density at radius 1 is 1.33 bits per heavy atom. The second kappa shape index (κ2) is 4.44. The zero-order chi connectivity index (χ0) is 14.8. The average Bonchev–Trinajstić information content (AvgIpc) is 3.10. The molecule has 2 fully saturated rings. The number of halogens is 1. The second-order valence-corrected chi connectivity index (χ2v) is 8.15. The van der Waals surface area contributed by atoms with Crippen LogP contribution in [0.25, 0.3) is 0 Å². The number of carbonyl (C=O) groups excluding carboxylic acids is 1. The zero-order valence-corrected chi connectivity index (χ0v) is 13.3. The largest absolute Gasteiger partial charge is 0.492 e. The van der Waals surface area contributed by atoms with Crippen molar-refractivity contribution in [2.24, 2.45) is 0 Å². The highest BCUT2D eigenvalue weighted by Crippen LogP contribution is 2.40. The minimum atomic E-state index is -3.77. The maximum absolute atomic E-state index is 12.9. The van der Waals surface area contributed by atoms with Gasteiger partial charge < -0.3 is 9.47 Å². The minimum absolute atomic E-state index is 0.129. The van der Waals surface area contributed by atoms with Gasteiger partial charge in [-0.1, -0.05) is 15.9 Å². The van der Waals surface area contributed by atoms with E-state index in [0.29, 0.717) is 29.7 Å². The number of carbonyl (C=O) groups is 1. The Morgan fingerprint density at radius 2 is 2.14 bits per heavy atom. The van der Waals surface area contributed by atoms with Crippen LogP contribution in [-0.4, -0.2) is 44.0 Å². The first-order valence-electron chi connectivity index (χ1n) is 6.64. The van der Waals surface area contributed by atoms with E-state index in [0.717, 1.165) is 5.56 Å². The molecule has 3 aliphatic heterocycles. The van der Waals surface area contributed by atoms with Gasteiger partial charge in [-0.3, -0.25) is 4.79 Å². The number of benzene rings is 1. The van der Waals surface area contributed by atoms with Crippen molar-refractivity contribution in [1.82, 2.24) is 4.31 Å². The van der Waals surface area contributed by atoms with E-state index >= 15 is 0 Å². The van der Waals surface area contributed by atoms with Gasteiger partial charge in [0, 0.05) is 22.9 Å². The van der Waals surface area contributed by atoms with Crippen LogP contribution in [0, 0.1) is 0 Å². The Bertz CT molecular complexity index is 747. The molecule has 2 bridgehead atoms. The molecule has 1 aromatic carbocycles. The first kappa shape index (κ1) is 13.5. The summed E-state index contributed by atoms with van der Waals surface area (Å²) in [6.45, 7) is 0.697. The summed E-state index contributed by atoms with van der Waals surface area (Å²) in [5, 5.41) is 0. The highest BCUT2D eigenvalue weighted by Gasteiger charge is 2.52. The number of morpholine rings is 1. The fourth-order valence-electron chi connectivity index (χ4n) is 3.13. The van der Waals surface area contributed by atoms with Gasteiger partial charge in [-0.2, -0.15) is 4.31 Å². The van der Waals surface area contributed by atoms with Gasteiger partial charge in [0.05, 0.1) is 13.2 Å². The van der Waals surface area contributed by atoms with Crippen molar-refractivity contribution in [1.29, 1.82) is 0 Å². The lowest BCUT2D eigenvalue weighted by Crippen LogP contribution is -2.44. The topological polar surface area (TPSA) is 72.9 Å². The number of esters is 1. The summed E-state index contributed by atoms with van der Waals surface area (Å²) in [5.74, 6) is -0.0447. The van der Waals surface area contributed by atoms with Crippen LogP contribution in [0.2, 0.25) is 0 Å². The van der Waals surface area contributed by atoms with E-state index in [1.807, 2.05) is 6.07 Å². The Kier molecular flexibility index (Phi) is 2.86. The summed E-state index contributed by atoms with van der Waals surface area (Å²) < 4.78 is 38.3. The molecule has 21 heavy (non-hydrogen) atoms. The quantitative estimate of drug-likeness (QED) is 0.725. The van der Waals surface area contributed by atoms with E-state index in [1.165, 1.54) is 10.4 Å². The summed E-state index contributed by atoms with van der Waals surface area (Å²) >= 11 is 3.34. The number of rotatable bonds is 2. The Labute approximate surface area is 130 Å². The monoisotopic (exact) mass is 373 g/mol. The smallest absolute Gasteiger partial charge is 0.324 e. The van der Waals surface area contributed by atoms with Crippen molar-refractivity contribution < 1.29 is 22.7 Å². The van der Waals surface area contributed by atoms with Crippen molar-refractivity contribution >= 4 is 31.9 Å². The molecule has 8 heteroatoms. The molecule has 112 valence electrons. The van der Waals surface area contributed by atoms with Crippen LogP contribution in [0.15, 0.2) is 21.5 Å². The van der Waals surface area contributed by atoms with Crippen molar-refractivity contribution in [3.05, 3.63) is 22.2 Å². The van der Waals surface area contributed by atoms with Gasteiger partial charge in [0.1, 0.15) is 22.8 Å². The molecular formula is C13H12BrNO5S. The van der Waals surface area contributed by atoms with E-state index < -0.39 is 22.0 Å². The lowest BCUT2D eigenvalue weighted by atomic mass is 10.2. The average molecular weight is 374 g/mol. The molecule has 2 atom stereocenters. The Morgan fingerprint density at radius 3 is 2.86 bits per heavy atom. The van der Waals surface area contributed by atoms with E-state index in [-0.39, 0.29) is 17.5 Å². The molecular weight excluding hydrogens is 362 g/mol. The van der Waals surface area contributed by atoms with E-state index in [9.17, 15) is 13.2 Å². The molecule has 0 N–H and O–H groups in total. The number of hydrogen-bond acceptors (Lipinski definition) is 5. The second-order valence-electron chi connectivity index (χ2n) is 5.38. The zero-order valence-electron chi connectivity index (χ0n) is 10.9. The maximum Gasteiger partial charge on any atom is 0.324 e. The van der Waals surface area contributed by atoms with Crippen LogP contribution in [0.4, 0.5) is 0 Å². The van der Waals surface area contributed by atoms with Crippen molar-refractivity contribution in [3.63, 3.8) is 0 Å². The summed E-state index contributed by atoms with van der Waals surface area (Å²) in [4.78, 5) is 11.8. The molecule has 2 saturated heterocycles. The molecule has 0 aromatic heterocycles. The third kappa shape index (κ3) is 1.92. The maximum atomic E-state index is 12.9. The molecule has 4 rings (SSSR count). The summed E-state index contributed by atoms with van der Waals surface area (Å²) in [7, 11) is -3.77. The fraction of sp³-hybridized carbons (Fsp3) is 0.462.